The predicted octanol–water partition coefficient (Wildman–Crippen LogP) is 5.47. The van der Waals surface area contributed by atoms with Crippen LogP contribution in [0.25, 0.3) is 0 Å². The van der Waals surface area contributed by atoms with Crippen LogP contribution in [0.4, 0.5) is 0 Å². The van der Waals surface area contributed by atoms with Crippen LogP contribution in [0.15, 0.2) is 54.6 Å². The fourth-order valence-electron chi connectivity index (χ4n) is 3.46. The highest BCUT2D eigenvalue weighted by Crippen LogP contribution is 2.14. The van der Waals surface area contributed by atoms with Gasteiger partial charge in [0.1, 0.15) is 0 Å². The van der Waals surface area contributed by atoms with Gasteiger partial charge >= 0.3 is 0 Å². The van der Waals surface area contributed by atoms with Gasteiger partial charge in [-0.05, 0) is 61.8 Å². The van der Waals surface area contributed by atoms with Gasteiger partial charge in [0, 0.05) is 19.8 Å². The summed E-state index contributed by atoms with van der Waals surface area (Å²) in [5.74, 6) is 0. The molecular weight excluding hydrogens is 358 g/mol. The lowest BCUT2D eigenvalue weighted by Gasteiger charge is -2.13. The van der Waals surface area contributed by atoms with Crippen molar-refractivity contribution in [2.75, 3.05) is 26.3 Å². The number of hydrogen-bond acceptors (Lipinski definition) is 3. The first-order valence-electron chi connectivity index (χ1n) is 11.4. The Morgan fingerprint density at radius 3 is 2.34 bits per heavy atom. The number of hydrogen-bond donors (Lipinski definition) is 2. The van der Waals surface area contributed by atoms with E-state index >= 15 is 0 Å². The van der Waals surface area contributed by atoms with Crippen LogP contribution in [0, 0.1) is 0 Å². The smallest absolute Gasteiger partial charge is 0.0914 e. The quantitative estimate of drug-likeness (QED) is 0.369. The van der Waals surface area contributed by atoms with Crippen LogP contribution < -0.4 is 5.32 Å². The summed E-state index contributed by atoms with van der Waals surface area (Å²) in [6.07, 6.45) is 8.80. The van der Waals surface area contributed by atoms with Crippen LogP contribution in [0.3, 0.4) is 0 Å². The summed E-state index contributed by atoms with van der Waals surface area (Å²) < 4.78 is 5.75. The summed E-state index contributed by atoms with van der Waals surface area (Å²) in [4.78, 5) is 0. The maximum atomic E-state index is 10.3. The van der Waals surface area contributed by atoms with Gasteiger partial charge in [0.15, 0.2) is 0 Å². The second kappa shape index (κ2) is 15.2. The van der Waals surface area contributed by atoms with Crippen LogP contribution in [0.2, 0.25) is 0 Å². The van der Waals surface area contributed by atoms with Crippen molar-refractivity contribution in [3.8, 4) is 0 Å². The van der Waals surface area contributed by atoms with Gasteiger partial charge in [0.2, 0.25) is 0 Å². The van der Waals surface area contributed by atoms with Crippen molar-refractivity contribution in [3.05, 3.63) is 71.3 Å². The molecule has 2 N–H and O–H groups in total. The summed E-state index contributed by atoms with van der Waals surface area (Å²) in [5.41, 5.74) is 3.71. The monoisotopic (exact) mass is 397 g/mol. The number of aryl methyl sites for hydroxylation is 2. The second-order valence-corrected chi connectivity index (χ2v) is 7.79. The number of benzene rings is 2. The Bertz CT molecular complexity index is 644. The number of unbranched alkanes of at least 4 members (excludes halogenated alkanes) is 4. The molecule has 0 bridgehead atoms. The molecule has 0 fully saturated rings. The standard InChI is InChI=1S/C26H39NO2/c1-2-23-16-12-17-25(21-23)26(28)22-27-18-9-3-4-10-19-29-20-11-8-15-24-13-6-5-7-14-24/h5-7,12-14,16-17,21,26-28H,2-4,8-11,15,18-20,22H2,1H3. The molecule has 0 amide bonds. The molecule has 2 rings (SSSR count). The van der Waals surface area contributed by atoms with Crippen molar-refractivity contribution < 1.29 is 9.84 Å². The molecule has 0 radical (unpaired) electrons. The molecule has 1 atom stereocenters. The Balaban J connectivity index is 1.36. The summed E-state index contributed by atoms with van der Waals surface area (Å²) in [7, 11) is 0. The zero-order chi connectivity index (χ0) is 20.6. The van der Waals surface area contributed by atoms with Crippen molar-refractivity contribution >= 4 is 0 Å². The van der Waals surface area contributed by atoms with Gasteiger partial charge in [-0.2, -0.15) is 0 Å². The van der Waals surface area contributed by atoms with Gasteiger partial charge in [0.25, 0.3) is 0 Å². The van der Waals surface area contributed by atoms with E-state index < -0.39 is 6.10 Å². The molecule has 0 aliphatic heterocycles. The van der Waals surface area contributed by atoms with E-state index in [1.807, 2.05) is 12.1 Å². The third kappa shape index (κ3) is 10.6. The maximum Gasteiger partial charge on any atom is 0.0914 e. The first-order valence-corrected chi connectivity index (χ1v) is 11.4. The molecule has 0 aliphatic carbocycles. The lowest BCUT2D eigenvalue weighted by Crippen LogP contribution is -2.22. The van der Waals surface area contributed by atoms with E-state index in [2.05, 4.69) is 54.7 Å². The fourth-order valence-corrected chi connectivity index (χ4v) is 3.46. The predicted molar refractivity (Wildman–Crippen MR) is 122 cm³/mol. The molecule has 160 valence electrons. The minimum Gasteiger partial charge on any atom is -0.387 e. The maximum absolute atomic E-state index is 10.3. The van der Waals surface area contributed by atoms with Crippen LogP contribution in [0.1, 0.15) is 68.2 Å². The van der Waals surface area contributed by atoms with Crippen molar-refractivity contribution in [1.82, 2.24) is 5.32 Å². The number of aliphatic hydroxyl groups excluding tert-OH is 1. The molecule has 0 saturated carbocycles. The van der Waals surface area contributed by atoms with E-state index in [4.69, 9.17) is 4.74 Å². The fraction of sp³-hybridized carbons (Fsp3) is 0.538. The van der Waals surface area contributed by atoms with Gasteiger partial charge in [-0.1, -0.05) is 74.4 Å². The van der Waals surface area contributed by atoms with Crippen LogP contribution >= 0.6 is 0 Å². The van der Waals surface area contributed by atoms with Crippen molar-refractivity contribution in [3.63, 3.8) is 0 Å². The molecule has 3 nitrogen and oxygen atoms in total. The molecular formula is C26H39NO2. The first kappa shape index (κ1) is 23.6. The number of ether oxygens (including phenoxy) is 1. The van der Waals surface area contributed by atoms with Gasteiger partial charge in [-0.25, -0.2) is 0 Å². The number of aliphatic hydroxyl groups is 1. The molecule has 2 aromatic rings. The van der Waals surface area contributed by atoms with Crippen molar-refractivity contribution in [2.24, 2.45) is 0 Å². The highest BCUT2D eigenvalue weighted by Gasteiger charge is 2.07. The Labute approximate surface area is 177 Å². The highest BCUT2D eigenvalue weighted by atomic mass is 16.5. The van der Waals surface area contributed by atoms with Gasteiger partial charge in [0.05, 0.1) is 6.10 Å². The molecule has 2 aromatic carbocycles. The Kier molecular flexibility index (Phi) is 12.4. The number of rotatable bonds is 16. The first-order chi connectivity index (χ1) is 14.3. The van der Waals surface area contributed by atoms with Crippen LogP contribution in [0.5, 0.6) is 0 Å². The zero-order valence-electron chi connectivity index (χ0n) is 18.1. The summed E-state index contributed by atoms with van der Waals surface area (Å²) in [6, 6.07) is 18.9. The van der Waals surface area contributed by atoms with Gasteiger partial charge in [-0.3, -0.25) is 0 Å². The molecule has 3 heteroatoms. The summed E-state index contributed by atoms with van der Waals surface area (Å²) in [5, 5.41) is 13.7. The van der Waals surface area contributed by atoms with Crippen molar-refractivity contribution in [1.29, 1.82) is 0 Å². The molecule has 0 aromatic heterocycles. The molecule has 0 spiro atoms. The average molecular weight is 398 g/mol. The van der Waals surface area contributed by atoms with E-state index in [0.29, 0.717) is 6.54 Å². The number of nitrogens with one attached hydrogen (secondary N) is 1. The van der Waals surface area contributed by atoms with Gasteiger partial charge < -0.3 is 15.2 Å². The van der Waals surface area contributed by atoms with Gasteiger partial charge in [-0.15, -0.1) is 0 Å². The molecule has 1 unspecified atom stereocenters. The summed E-state index contributed by atoms with van der Waals surface area (Å²) in [6.45, 7) is 5.49. The molecule has 0 aliphatic rings. The van der Waals surface area contributed by atoms with E-state index in [1.165, 1.54) is 30.4 Å². The van der Waals surface area contributed by atoms with Crippen LogP contribution in [-0.2, 0) is 17.6 Å². The summed E-state index contributed by atoms with van der Waals surface area (Å²) >= 11 is 0. The normalized spacial score (nSPS) is 12.2. The SMILES string of the molecule is CCc1cccc(C(O)CNCCCCCCOCCCCc2ccccc2)c1. The van der Waals surface area contributed by atoms with Crippen LogP contribution in [-0.4, -0.2) is 31.4 Å². The minimum absolute atomic E-state index is 0.420. The van der Waals surface area contributed by atoms with E-state index in [-0.39, 0.29) is 0 Å². The second-order valence-electron chi connectivity index (χ2n) is 7.79. The zero-order valence-corrected chi connectivity index (χ0v) is 18.1. The van der Waals surface area contributed by atoms with E-state index in [0.717, 1.165) is 57.4 Å². The molecule has 0 saturated heterocycles. The average Bonchev–Trinajstić information content (AvgIpc) is 2.77. The molecule has 0 heterocycles. The topological polar surface area (TPSA) is 41.5 Å². The lowest BCUT2D eigenvalue weighted by atomic mass is 10.0. The van der Waals surface area contributed by atoms with E-state index in [9.17, 15) is 5.11 Å². The highest BCUT2D eigenvalue weighted by molar-refractivity contribution is 5.25. The lowest BCUT2D eigenvalue weighted by molar-refractivity contribution is 0.126. The third-order valence-electron chi connectivity index (χ3n) is 5.32. The van der Waals surface area contributed by atoms with Crippen molar-refractivity contribution in [2.45, 2.75) is 64.4 Å². The Morgan fingerprint density at radius 2 is 1.55 bits per heavy atom. The Hall–Kier alpha value is -1.68. The van der Waals surface area contributed by atoms with E-state index in [1.54, 1.807) is 0 Å². The Morgan fingerprint density at radius 1 is 0.828 bits per heavy atom. The third-order valence-corrected chi connectivity index (χ3v) is 5.32. The minimum atomic E-state index is -0.420. The largest absolute Gasteiger partial charge is 0.387 e. The molecule has 29 heavy (non-hydrogen) atoms.